The SMILES string of the molecule is NC(=NO)C1CCCC1NC(=O)C1COCCO1. The van der Waals surface area contributed by atoms with Crippen molar-refractivity contribution in [2.24, 2.45) is 16.8 Å². The normalized spacial score (nSPS) is 33.3. The molecule has 1 saturated heterocycles. The summed E-state index contributed by atoms with van der Waals surface area (Å²) in [6, 6.07) is -0.0843. The van der Waals surface area contributed by atoms with Crippen molar-refractivity contribution in [3.8, 4) is 0 Å². The highest BCUT2D eigenvalue weighted by molar-refractivity contribution is 5.85. The van der Waals surface area contributed by atoms with E-state index in [9.17, 15) is 4.79 Å². The Balaban J connectivity index is 1.89. The second kappa shape index (κ2) is 6.01. The molecule has 18 heavy (non-hydrogen) atoms. The van der Waals surface area contributed by atoms with Crippen LogP contribution in [-0.2, 0) is 14.3 Å². The minimum atomic E-state index is -0.549. The van der Waals surface area contributed by atoms with Crippen molar-refractivity contribution in [3.05, 3.63) is 0 Å². The van der Waals surface area contributed by atoms with Crippen molar-refractivity contribution >= 4 is 11.7 Å². The highest BCUT2D eigenvalue weighted by Gasteiger charge is 2.34. The standard InChI is InChI=1S/C11H19N3O4/c12-10(14-16)7-2-1-3-8(7)13-11(15)9-6-17-4-5-18-9/h7-9,16H,1-6H2,(H2,12,14)(H,13,15). The number of nitrogens with two attached hydrogens (primary N) is 1. The van der Waals surface area contributed by atoms with Crippen molar-refractivity contribution in [2.45, 2.75) is 31.4 Å². The number of hydrogen-bond donors (Lipinski definition) is 3. The predicted octanol–water partition coefficient (Wildman–Crippen LogP) is -0.567. The zero-order valence-corrected chi connectivity index (χ0v) is 10.2. The van der Waals surface area contributed by atoms with Crippen LogP contribution >= 0.6 is 0 Å². The van der Waals surface area contributed by atoms with Crippen molar-refractivity contribution < 1.29 is 19.5 Å². The van der Waals surface area contributed by atoms with E-state index in [0.717, 1.165) is 19.3 Å². The molecule has 102 valence electrons. The molecule has 3 atom stereocenters. The second-order valence-electron chi connectivity index (χ2n) is 4.61. The van der Waals surface area contributed by atoms with Gasteiger partial charge in [-0.15, -0.1) is 0 Å². The van der Waals surface area contributed by atoms with E-state index in [2.05, 4.69) is 10.5 Å². The molecular weight excluding hydrogens is 238 g/mol. The van der Waals surface area contributed by atoms with Crippen LogP contribution in [-0.4, -0.2) is 48.9 Å². The summed E-state index contributed by atoms with van der Waals surface area (Å²) in [7, 11) is 0. The summed E-state index contributed by atoms with van der Waals surface area (Å²) < 4.78 is 10.5. The molecule has 0 spiro atoms. The number of carbonyl (C=O) groups is 1. The third-order valence-electron chi connectivity index (χ3n) is 3.45. The average Bonchev–Trinajstić information content (AvgIpc) is 2.87. The highest BCUT2D eigenvalue weighted by atomic mass is 16.6. The van der Waals surface area contributed by atoms with Crippen molar-refractivity contribution in [3.63, 3.8) is 0 Å². The summed E-state index contributed by atoms with van der Waals surface area (Å²) in [5.41, 5.74) is 5.62. The van der Waals surface area contributed by atoms with Gasteiger partial charge in [-0.1, -0.05) is 11.6 Å². The fourth-order valence-electron chi connectivity index (χ4n) is 2.48. The maximum absolute atomic E-state index is 12.0. The first kappa shape index (κ1) is 13.1. The fraction of sp³-hybridized carbons (Fsp3) is 0.818. The first-order chi connectivity index (χ1) is 8.72. The summed E-state index contributed by atoms with van der Waals surface area (Å²) in [5, 5.41) is 14.6. The molecule has 7 heteroatoms. The molecule has 2 fully saturated rings. The summed E-state index contributed by atoms with van der Waals surface area (Å²) >= 11 is 0. The van der Waals surface area contributed by atoms with E-state index in [1.165, 1.54) is 0 Å². The third-order valence-corrected chi connectivity index (χ3v) is 3.45. The Hall–Kier alpha value is -1.34. The second-order valence-corrected chi connectivity index (χ2v) is 4.61. The minimum Gasteiger partial charge on any atom is -0.409 e. The van der Waals surface area contributed by atoms with E-state index < -0.39 is 6.10 Å². The van der Waals surface area contributed by atoms with Gasteiger partial charge in [0.15, 0.2) is 6.10 Å². The molecule has 0 aromatic rings. The molecule has 0 aromatic carbocycles. The number of amidine groups is 1. The molecule has 0 radical (unpaired) electrons. The van der Waals surface area contributed by atoms with E-state index in [0.29, 0.717) is 13.2 Å². The van der Waals surface area contributed by atoms with Gasteiger partial charge in [-0.3, -0.25) is 4.79 Å². The lowest BCUT2D eigenvalue weighted by Crippen LogP contribution is -2.49. The Morgan fingerprint density at radius 3 is 2.89 bits per heavy atom. The molecular formula is C11H19N3O4. The quantitative estimate of drug-likeness (QED) is 0.272. The molecule has 1 amide bonds. The molecule has 7 nitrogen and oxygen atoms in total. The van der Waals surface area contributed by atoms with Crippen molar-refractivity contribution in [1.29, 1.82) is 0 Å². The number of oxime groups is 1. The molecule has 3 unspecified atom stereocenters. The van der Waals surface area contributed by atoms with Gasteiger partial charge in [-0.25, -0.2) is 0 Å². The monoisotopic (exact) mass is 257 g/mol. The molecule has 0 bridgehead atoms. The summed E-state index contributed by atoms with van der Waals surface area (Å²) in [5.74, 6) is -0.0978. The number of rotatable bonds is 3. The van der Waals surface area contributed by atoms with Gasteiger partial charge in [0.05, 0.1) is 19.8 Å². The van der Waals surface area contributed by atoms with Crippen LogP contribution in [0.1, 0.15) is 19.3 Å². The zero-order chi connectivity index (χ0) is 13.0. The molecule has 1 heterocycles. The molecule has 2 rings (SSSR count). The van der Waals surface area contributed by atoms with E-state index in [4.69, 9.17) is 20.4 Å². The summed E-state index contributed by atoms with van der Waals surface area (Å²) in [4.78, 5) is 12.0. The minimum absolute atomic E-state index is 0.0843. The van der Waals surface area contributed by atoms with Crippen LogP contribution in [0.5, 0.6) is 0 Å². The smallest absolute Gasteiger partial charge is 0.251 e. The zero-order valence-electron chi connectivity index (χ0n) is 10.2. The van der Waals surface area contributed by atoms with E-state index >= 15 is 0 Å². The molecule has 1 aliphatic carbocycles. The van der Waals surface area contributed by atoms with E-state index in [1.807, 2.05) is 0 Å². The Bertz CT molecular complexity index is 328. The number of amides is 1. The lowest BCUT2D eigenvalue weighted by molar-refractivity contribution is -0.148. The maximum atomic E-state index is 12.0. The van der Waals surface area contributed by atoms with Crippen LogP contribution in [0.25, 0.3) is 0 Å². The molecule has 0 aromatic heterocycles. The largest absolute Gasteiger partial charge is 0.409 e. The van der Waals surface area contributed by atoms with Crippen LogP contribution in [0.2, 0.25) is 0 Å². The van der Waals surface area contributed by atoms with E-state index in [-0.39, 0.29) is 30.3 Å². The molecule has 1 aliphatic heterocycles. The number of nitrogens with zero attached hydrogens (tertiary/aromatic N) is 1. The van der Waals surface area contributed by atoms with Gasteiger partial charge < -0.3 is 25.7 Å². The van der Waals surface area contributed by atoms with Gasteiger partial charge in [0, 0.05) is 12.0 Å². The Morgan fingerprint density at radius 2 is 2.22 bits per heavy atom. The summed E-state index contributed by atoms with van der Waals surface area (Å²) in [6.07, 6.45) is 2.06. The van der Waals surface area contributed by atoms with Crippen LogP contribution in [0, 0.1) is 5.92 Å². The molecule has 4 N–H and O–H groups in total. The van der Waals surface area contributed by atoms with Gasteiger partial charge in [0.2, 0.25) is 0 Å². The molecule has 1 saturated carbocycles. The fourth-order valence-corrected chi connectivity index (χ4v) is 2.48. The Labute approximate surface area is 105 Å². The van der Waals surface area contributed by atoms with Crippen LogP contribution in [0.15, 0.2) is 5.16 Å². The van der Waals surface area contributed by atoms with Crippen LogP contribution < -0.4 is 11.1 Å². The number of nitrogens with one attached hydrogen (secondary N) is 1. The van der Waals surface area contributed by atoms with Gasteiger partial charge in [-0.2, -0.15) is 0 Å². The van der Waals surface area contributed by atoms with Crippen LogP contribution in [0.3, 0.4) is 0 Å². The average molecular weight is 257 g/mol. The number of hydrogen-bond acceptors (Lipinski definition) is 5. The first-order valence-corrected chi connectivity index (χ1v) is 6.19. The summed E-state index contributed by atoms with van der Waals surface area (Å²) in [6.45, 7) is 1.25. The predicted molar refractivity (Wildman–Crippen MR) is 63.2 cm³/mol. The van der Waals surface area contributed by atoms with Gasteiger partial charge in [0.1, 0.15) is 5.84 Å². The van der Waals surface area contributed by atoms with Gasteiger partial charge >= 0.3 is 0 Å². The van der Waals surface area contributed by atoms with Crippen LogP contribution in [0.4, 0.5) is 0 Å². The van der Waals surface area contributed by atoms with Crippen molar-refractivity contribution in [1.82, 2.24) is 5.32 Å². The van der Waals surface area contributed by atoms with Gasteiger partial charge in [0.25, 0.3) is 5.91 Å². The number of ether oxygens (including phenoxy) is 2. The van der Waals surface area contributed by atoms with Gasteiger partial charge in [-0.05, 0) is 12.8 Å². The lowest BCUT2D eigenvalue weighted by atomic mass is 10.0. The highest BCUT2D eigenvalue weighted by Crippen LogP contribution is 2.26. The van der Waals surface area contributed by atoms with E-state index in [1.54, 1.807) is 0 Å². The Kier molecular flexibility index (Phi) is 4.38. The number of carbonyl (C=O) groups excluding carboxylic acids is 1. The molecule has 2 aliphatic rings. The first-order valence-electron chi connectivity index (χ1n) is 6.19. The third kappa shape index (κ3) is 2.91. The maximum Gasteiger partial charge on any atom is 0.251 e. The van der Waals surface area contributed by atoms with Crippen molar-refractivity contribution in [2.75, 3.05) is 19.8 Å². The topological polar surface area (TPSA) is 106 Å². The Morgan fingerprint density at radius 1 is 1.39 bits per heavy atom. The lowest BCUT2D eigenvalue weighted by Gasteiger charge is -2.26.